The van der Waals surface area contributed by atoms with E-state index in [1.807, 2.05) is 0 Å². The standard InChI is InChI=1S/C55H107NO10/c1-3-5-7-9-11-13-15-17-18-19-20-21-22-23-24-25-26-27-28-29-30-31-33-34-36-38-40-42-47(58)50(60)46(45-65-55-53(63)52(62)51(61)49(44-57)66-55)56-54(64)48(59)43-41-39-37-35-32-16-14-12-10-8-6-4-2/h32,35,46-53,55,57-63H,3-31,33-34,36-45H2,1-2H3,(H,56,64)/b35-32-. The van der Waals surface area contributed by atoms with Gasteiger partial charge >= 0.3 is 0 Å². The molecule has 8 N–H and O–H groups in total. The monoisotopic (exact) mass is 942 g/mol. The molecule has 1 rings (SSSR count). The summed E-state index contributed by atoms with van der Waals surface area (Å²) in [5, 5.41) is 75.9. The second-order valence-corrected chi connectivity index (χ2v) is 20.0. The summed E-state index contributed by atoms with van der Waals surface area (Å²) in [4.78, 5) is 13.1. The predicted octanol–water partition coefficient (Wildman–Crippen LogP) is 11.2. The second kappa shape index (κ2) is 45.0. The third-order valence-electron chi connectivity index (χ3n) is 13.8. The molecular formula is C55H107NO10. The van der Waals surface area contributed by atoms with E-state index in [2.05, 4.69) is 31.3 Å². The van der Waals surface area contributed by atoms with Crippen molar-refractivity contribution in [2.45, 2.75) is 319 Å². The molecule has 392 valence electrons. The minimum absolute atomic E-state index is 0.232. The molecule has 66 heavy (non-hydrogen) atoms. The van der Waals surface area contributed by atoms with Crippen LogP contribution in [-0.2, 0) is 14.3 Å². The number of carbonyl (C=O) groups excluding carboxylic acids is 1. The Labute approximate surface area is 404 Å². The molecule has 0 aromatic heterocycles. The zero-order valence-electron chi connectivity index (χ0n) is 42.7. The van der Waals surface area contributed by atoms with Gasteiger partial charge in [0.25, 0.3) is 0 Å². The molecule has 0 radical (unpaired) electrons. The second-order valence-electron chi connectivity index (χ2n) is 20.0. The van der Waals surface area contributed by atoms with Gasteiger partial charge in [0, 0.05) is 0 Å². The molecule has 0 saturated carbocycles. The molecule has 11 nitrogen and oxygen atoms in total. The van der Waals surface area contributed by atoms with Crippen LogP contribution in [0.25, 0.3) is 0 Å². The topological polar surface area (TPSA) is 189 Å². The van der Waals surface area contributed by atoms with E-state index in [0.717, 1.165) is 38.5 Å². The SMILES string of the molecule is CCCCCCCC/C=C\CCCCC(O)C(=O)NC(COC1OC(CO)C(O)C(O)C1O)C(O)C(O)CCCCCCCCCCCCCCCCCCCCCCCCCCCCC. The molecule has 0 aromatic rings. The van der Waals surface area contributed by atoms with Crippen LogP contribution in [0.1, 0.15) is 264 Å². The lowest BCUT2D eigenvalue weighted by molar-refractivity contribution is -0.303. The van der Waals surface area contributed by atoms with E-state index in [-0.39, 0.29) is 6.42 Å². The van der Waals surface area contributed by atoms with E-state index in [9.17, 15) is 40.5 Å². The molecule has 9 atom stereocenters. The van der Waals surface area contributed by atoms with Crippen molar-refractivity contribution in [3.05, 3.63) is 12.2 Å². The number of allylic oxidation sites excluding steroid dienone is 2. The zero-order valence-corrected chi connectivity index (χ0v) is 42.7. The van der Waals surface area contributed by atoms with Crippen LogP contribution in [-0.4, -0.2) is 110 Å². The van der Waals surface area contributed by atoms with Crippen LogP contribution in [0.2, 0.25) is 0 Å². The van der Waals surface area contributed by atoms with Crippen LogP contribution in [0, 0.1) is 0 Å². The Morgan fingerprint density at radius 2 is 0.879 bits per heavy atom. The molecule has 9 unspecified atom stereocenters. The number of aliphatic hydroxyl groups is 7. The van der Waals surface area contributed by atoms with Gasteiger partial charge in [-0.1, -0.05) is 238 Å². The molecule has 1 saturated heterocycles. The molecule has 1 heterocycles. The molecule has 0 spiro atoms. The Kier molecular flexibility index (Phi) is 42.9. The first-order valence-electron chi connectivity index (χ1n) is 28.1. The van der Waals surface area contributed by atoms with Crippen LogP contribution in [0.15, 0.2) is 12.2 Å². The minimum Gasteiger partial charge on any atom is -0.394 e. The molecule has 1 aliphatic heterocycles. The van der Waals surface area contributed by atoms with Gasteiger partial charge in [-0.15, -0.1) is 0 Å². The summed E-state index contributed by atoms with van der Waals surface area (Å²) >= 11 is 0. The average Bonchev–Trinajstić information content (AvgIpc) is 3.32. The van der Waals surface area contributed by atoms with Crippen molar-refractivity contribution in [2.24, 2.45) is 0 Å². The van der Waals surface area contributed by atoms with E-state index in [1.54, 1.807) is 0 Å². The number of rotatable bonds is 48. The Bertz CT molecular complexity index is 1080. The van der Waals surface area contributed by atoms with Gasteiger partial charge < -0.3 is 50.5 Å². The number of amides is 1. The Morgan fingerprint density at radius 3 is 1.29 bits per heavy atom. The number of carbonyl (C=O) groups is 1. The first-order chi connectivity index (χ1) is 32.2. The summed E-state index contributed by atoms with van der Waals surface area (Å²) in [5.74, 6) is -0.710. The number of hydrogen-bond acceptors (Lipinski definition) is 10. The first kappa shape index (κ1) is 62.9. The third-order valence-corrected chi connectivity index (χ3v) is 13.8. The normalized spacial score (nSPS) is 20.8. The Hall–Kier alpha value is -1.15. The van der Waals surface area contributed by atoms with Crippen molar-refractivity contribution >= 4 is 5.91 Å². The molecule has 1 amide bonds. The largest absolute Gasteiger partial charge is 0.394 e. The highest BCUT2D eigenvalue weighted by Crippen LogP contribution is 2.23. The molecule has 11 heteroatoms. The van der Waals surface area contributed by atoms with E-state index < -0.39 is 74.2 Å². The maximum Gasteiger partial charge on any atom is 0.249 e. The average molecular weight is 942 g/mol. The molecule has 0 aromatic carbocycles. The Morgan fingerprint density at radius 1 is 0.515 bits per heavy atom. The van der Waals surface area contributed by atoms with Crippen molar-refractivity contribution in [1.29, 1.82) is 0 Å². The smallest absolute Gasteiger partial charge is 0.249 e. The van der Waals surface area contributed by atoms with Gasteiger partial charge in [0.15, 0.2) is 6.29 Å². The lowest BCUT2D eigenvalue weighted by Crippen LogP contribution is -2.60. The van der Waals surface area contributed by atoms with Crippen LogP contribution >= 0.6 is 0 Å². The molecule has 0 aliphatic carbocycles. The lowest BCUT2D eigenvalue weighted by atomic mass is 9.98. The summed E-state index contributed by atoms with van der Waals surface area (Å²) in [6.07, 6.45) is 40.0. The molecule has 1 aliphatic rings. The fourth-order valence-electron chi connectivity index (χ4n) is 9.20. The fourth-order valence-corrected chi connectivity index (χ4v) is 9.20. The number of hydrogen-bond donors (Lipinski definition) is 8. The van der Waals surface area contributed by atoms with Crippen LogP contribution in [0.5, 0.6) is 0 Å². The lowest BCUT2D eigenvalue weighted by Gasteiger charge is -2.40. The van der Waals surface area contributed by atoms with Gasteiger partial charge in [-0.3, -0.25) is 4.79 Å². The number of nitrogens with one attached hydrogen (secondary N) is 1. The highest BCUT2D eigenvalue weighted by atomic mass is 16.7. The van der Waals surface area contributed by atoms with Crippen molar-refractivity contribution in [3.8, 4) is 0 Å². The van der Waals surface area contributed by atoms with Gasteiger partial charge in [-0.2, -0.15) is 0 Å². The number of aliphatic hydroxyl groups excluding tert-OH is 7. The van der Waals surface area contributed by atoms with Crippen LogP contribution < -0.4 is 5.32 Å². The van der Waals surface area contributed by atoms with Gasteiger partial charge in [-0.25, -0.2) is 0 Å². The van der Waals surface area contributed by atoms with Crippen molar-refractivity contribution in [1.82, 2.24) is 5.32 Å². The molecule has 0 bridgehead atoms. The summed E-state index contributed by atoms with van der Waals surface area (Å²) in [7, 11) is 0. The van der Waals surface area contributed by atoms with Crippen molar-refractivity contribution < 1.29 is 50.0 Å². The quantitative estimate of drug-likeness (QED) is 0.0215. The maximum atomic E-state index is 13.1. The van der Waals surface area contributed by atoms with E-state index in [4.69, 9.17) is 9.47 Å². The zero-order chi connectivity index (χ0) is 48.3. The Balaban J connectivity index is 2.26. The van der Waals surface area contributed by atoms with Gasteiger partial charge in [-0.05, 0) is 38.5 Å². The van der Waals surface area contributed by atoms with Crippen LogP contribution in [0.3, 0.4) is 0 Å². The van der Waals surface area contributed by atoms with Crippen LogP contribution in [0.4, 0.5) is 0 Å². The number of unbranched alkanes of at least 4 members (excludes halogenated alkanes) is 34. The van der Waals surface area contributed by atoms with Crippen molar-refractivity contribution in [2.75, 3.05) is 13.2 Å². The maximum absolute atomic E-state index is 13.1. The molecule has 1 fully saturated rings. The minimum atomic E-state index is -1.66. The van der Waals surface area contributed by atoms with Gasteiger partial charge in [0.05, 0.1) is 25.4 Å². The van der Waals surface area contributed by atoms with E-state index >= 15 is 0 Å². The predicted molar refractivity (Wildman–Crippen MR) is 270 cm³/mol. The van der Waals surface area contributed by atoms with E-state index in [0.29, 0.717) is 19.3 Å². The summed E-state index contributed by atoms with van der Waals surface area (Å²) < 4.78 is 11.1. The summed E-state index contributed by atoms with van der Waals surface area (Å²) in [6.45, 7) is 3.45. The number of ether oxygens (including phenoxy) is 2. The summed E-state index contributed by atoms with van der Waals surface area (Å²) in [5.41, 5.74) is 0. The highest BCUT2D eigenvalue weighted by Gasteiger charge is 2.44. The van der Waals surface area contributed by atoms with Gasteiger partial charge in [0.1, 0.15) is 36.6 Å². The third kappa shape index (κ3) is 33.4. The summed E-state index contributed by atoms with van der Waals surface area (Å²) in [6, 6.07) is -1.17. The van der Waals surface area contributed by atoms with Gasteiger partial charge in [0.2, 0.25) is 5.91 Å². The fraction of sp³-hybridized carbons (Fsp3) is 0.945. The van der Waals surface area contributed by atoms with Crippen molar-refractivity contribution in [3.63, 3.8) is 0 Å². The van der Waals surface area contributed by atoms with E-state index in [1.165, 1.54) is 186 Å². The highest BCUT2D eigenvalue weighted by molar-refractivity contribution is 5.80. The molecular weight excluding hydrogens is 835 g/mol. The first-order valence-corrected chi connectivity index (χ1v) is 28.1.